The number of ether oxygens (including phenoxy) is 1. The van der Waals surface area contributed by atoms with Crippen LogP contribution in [0.5, 0.6) is 5.88 Å². The second-order valence-electron chi connectivity index (χ2n) is 1.99. The van der Waals surface area contributed by atoms with Crippen LogP contribution < -0.4 is 4.74 Å². The van der Waals surface area contributed by atoms with Crippen LogP contribution in [0, 0.1) is 6.07 Å². The average Bonchev–Trinajstić information content (AvgIpc) is 2.03. The van der Waals surface area contributed by atoms with Crippen LogP contribution in [0.1, 0.15) is 5.56 Å². The Morgan fingerprint density at radius 1 is 1.50 bits per heavy atom. The normalized spacial score (nSPS) is 11.3. The predicted molar refractivity (Wildman–Crippen MR) is 34.6 cm³/mol. The Bertz CT molecular complexity index is 272. The Morgan fingerprint density at radius 2 is 2.17 bits per heavy atom. The molecule has 0 fully saturated rings. The summed E-state index contributed by atoms with van der Waals surface area (Å²) in [6.45, 7) is 0. The van der Waals surface area contributed by atoms with E-state index in [1.165, 1.54) is 7.11 Å². The molecule has 1 aromatic heterocycles. The van der Waals surface area contributed by atoms with E-state index in [-0.39, 0.29) is 5.88 Å². The van der Waals surface area contributed by atoms with Gasteiger partial charge in [-0.1, -0.05) is 0 Å². The molecule has 1 aromatic rings. The fourth-order valence-electron chi connectivity index (χ4n) is 0.638. The SMILES string of the molecule is COc1[c]c(C(F)(F)F)ccn1. The Morgan fingerprint density at radius 3 is 2.67 bits per heavy atom. The summed E-state index contributed by atoms with van der Waals surface area (Å²) in [7, 11) is 1.24. The highest BCUT2D eigenvalue weighted by Gasteiger charge is 2.31. The lowest BCUT2D eigenvalue weighted by Crippen LogP contribution is -2.05. The van der Waals surface area contributed by atoms with Crippen molar-refractivity contribution in [1.29, 1.82) is 0 Å². The zero-order chi connectivity index (χ0) is 9.19. The van der Waals surface area contributed by atoms with Crippen molar-refractivity contribution in [3.63, 3.8) is 0 Å². The smallest absolute Gasteiger partial charge is 0.417 e. The molecule has 0 saturated carbocycles. The molecule has 0 aliphatic rings. The highest BCUT2D eigenvalue weighted by molar-refractivity contribution is 5.20. The minimum atomic E-state index is -4.39. The van der Waals surface area contributed by atoms with Crippen molar-refractivity contribution in [2.75, 3.05) is 7.11 Å². The lowest BCUT2D eigenvalue weighted by Gasteiger charge is -2.05. The Hall–Kier alpha value is -1.26. The number of alkyl halides is 3. The highest BCUT2D eigenvalue weighted by atomic mass is 19.4. The molecule has 0 aliphatic carbocycles. The van der Waals surface area contributed by atoms with Gasteiger partial charge >= 0.3 is 6.18 Å². The van der Waals surface area contributed by atoms with Crippen molar-refractivity contribution in [3.8, 4) is 5.88 Å². The van der Waals surface area contributed by atoms with E-state index in [0.717, 1.165) is 12.3 Å². The lowest BCUT2D eigenvalue weighted by atomic mass is 10.2. The monoisotopic (exact) mass is 176 g/mol. The second-order valence-corrected chi connectivity index (χ2v) is 1.99. The van der Waals surface area contributed by atoms with Gasteiger partial charge in [0.2, 0.25) is 5.88 Å². The minimum absolute atomic E-state index is 0.162. The number of hydrogen-bond donors (Lipinski definition) is 0. The third-order valence-electron chi connectivity index (χ3n) is 1.17. The van der Waals surface area contributed by atoms with Crippen LogP contribution >= 0.6 is 0 Å². The summed E-state index contributed by atoms with van der Waals surface area (Å²) in [6, 6.07) is 2.81. The van der Waals surface area contributed by atoms with Gasteiger partial charge in [-0.3, -0.25) is 0 Å². The quantitative estimate of drug-likeness (QED) is 0.652. The first-order chi connectivity index (χ1) is 5.54. The fourth-order valence-corrected chi connectivity index (χ4v) is 0.638. The van der Waals surface area contributed by atoms with E-state index in [9.17, 15) is 13.2 Å². The van der Waals surface area contributed by atoms with Crippen LogP contribution in [-0.4, -0.2) is 12.1 Å². The third kappa shape index (κ3) is 1.87. The molecule has 1 rings (SSSR count). The summed E-state index contributed by atoms with van der Waals surface area (Å²) in [5.41, 5.74) is -0.880. The van der Waals surface area contributed by atoms with Crippen molar-refractivity contribution in [1.82, 2.24) is 4.98 Å². The average molecular weight is 176 g/mol. The first kappa shape index (κ1) is 8.83. The number of pyridine rings is 1. The van der Waals surface area contributed by atoms with Crippen LogP contribution in [-0.2, 0) is 6.18 Å². The predicted octanol–water partition coefficient (Wildman–Crippen LogP) is 1.91. The maximum Gasteiger partial charge on any atom is 0.417 e. The van der Waals surface area contributed by atoms with Gasteiger partial charge in [-0.25, -0.2) is 4.98 Å². The van der Waals surface area contributed by atoms with Gasteiger partial charge in [-0.2, -0.15) is 13.2 Å². The van der Waals surface area contributed by atoms with Gasteiger partial charge in [-0.05, 0) is 6.07 Å². The van der Waals surface area contributed by atoms with Gasteiger partial charge < -0.3 is 4.74 Å². The first-order valence-corrected chi connectivity index (χ1v) is 3.03. The summed E-state index contributed by atoms with van der Waals surface area (Å²) in [5.74, 6) is -0.162. The molecule has 0 amide bonds. The number of halogens is 3. The van der Waals surface area contributed by atoms with Crippen molar-refractivity contribution in [2.24, 2.45) is 0 Å². The van der Waals surface area contributed by atoms with Crippen molar-refractivity contribution in [2.45, 2.75) is 6.18 Å². The zero-order valence-electron chi connectivity index (χ0n) is 6.14. The molecule has 0 unspecified atom stereocenters. The molecule has 0 saturated heterocycles. The van der Waals surface area contributed by atoms with E-state index in [2.05, 4.69) is 9.72 Å². The van der Waals surface area contributed by atoms with E-state index in [4.69, 9.17) is 0 Å². The minimum Gasteiger partial charge on any atom is -0.481 e. The molecule has 0 aliphatic heterocycles. The summed E-state index contributed by atoms with van der Waals surface area (Å²) in [4.78, 5) is 3.49. The molecule has 1 heterocycles. The van der Waals surface area contributed by atoms with Crippen LogP contribution in [0.3, 0.4) is 0 Å². The Labute approximate surface area is 67.0 Å². The van der Waals surface area contributed by atoms with Gasteiger partial charge in [0, 0.05) is 6.20 Å². The molecule has 12 heavy (non-hydrogen) atoms. The molecule has 0 aromatic carbocycles. The van der Waals surface area contributed by atoms with Crippen LogP contribution in [0.4, 0.5) is 13.2 Å². The van der Waals surface area contributed by atoms with E-state index < -0.39 is 11.7 Å². The molecule has 0 atom stereocenters. The zero-order valence-corrected chi connectivity index (χ0v) is 6.14. The van der Waals surface area contributed by atoms with E-state index >= 15 is 0 Å². The Balaban J connectivity index is 3.02. The molecule has 0 spiro atoms. The van der Waals surface area contributed by atoms with Gasteiger partial charge in [0.05, 0.1) is 18.7 Å². The molecular weight excluding hydrogens is 171 g/mol. The Kier molecular flexibility index (Phi) is 2.21. The van der Waals surface area contributed by atoms with Gasteiger partial charge in [0.25, 0.3) is 0 Å². The van der Waals surface area contributed by atoms with Crippen molar-refractivity contribution < 1.29 is 17.9 Å². The van der Waals surface area contributed by atoms with Crippen molar-refractivity contribution >= 4 is 0 Å². The number of nitrogens with zero attached hydrogens (tertiary/aromatic N) is 1. The summed E-state index contributed by atoms with van der Waals surface area (Å²) >= 11 is 0. The largest absolute Gasteiger partial charge is 0.481 e. The molecular formula is C7H5F3NO. The topological polar surface area (TPSA) is 22.1 Å². The maximum atomic E-state index is 12.0. The van der Waals surface area contributed by atoms with E-state index in [1.54, 1.807) is 0 Å². The van der Waals surface area contributed by atoms with E-state index in [1.807, 2.05) is 6.07 Å². The summed E-state index contributed by atoms with van der Waals surface area (Å²) in [6.07, 6.45) is -3.37. The molecule has 0 bridgehead atoms. The van der Waals surface area contributed by atoms with E-state index in [0.29, 0.717) is 0 Å². The number of hydrogen-bond acceptors (Lipinski definition) is 2. The number of aromatic nitrogens is 1. The van der Waals surface area contributed by atoms with Crippen LogP contribution in [0.2, 0.25) is 0 Å². The van der Waals surface area contributed by atoms with Crippen LogP contribution in [0.15, 0.2) is 12.3 Å². The number of methoxy groups -OCH3 is 1. The fraction of sp³-hybridized carbons (Fsp3) is 0.286. The van der Waals surface area contributed by atoms with Gasteiger partial charge in [0.15, 0.2) is 0 Å². The molecule has 2 nitrogen and oxygen atoms in total. The third-order valence-corrected chi connectivity index (χ3v) is 1.17. The molecule has 65 valence electrons. The maximum absolute atomic E-state index is 12.0. The molecule has 5 heteroatoms. The lowest BCUT2D eigenvalue weighted by molar-refractivity contribution is -0.138. The van der Waals surface area contributed by atoms with Crippen molar-refractivity contribution in [3.05, 3.63) is 23.9 Å². The molecule has 0 N–H and O–H groups in total. The standard InChI is InChI=1S/C7H5F3NO/c1-12-6-4-5(2-3-11-6)7(8,9)10/h2-3H,1H3. The van der Waals surface area contributed by atoms with Gasteiger partial charge in [0.1, 0.15) is 0 Å². The molecule has 1 radical (unpaired) electrons. The number of rotatable bonds is 1. The van der Waals surface area contributed by atoms with Gasteiger partial charge in [-0.15, -0.1) is 0 Å². The summed E-state index contributed by atoms with van der Waals surface area (Å²) in [5, 5.41) is 0. The summed E-state index contributed by atoms with van der Waals surface area (Å²) < 4.78 is 40.5. The highest BCUT2D eigenvalue weighted by Crippen LogP contribution is 2.29. The second kappa shape index (κ2) is 3.00. The first-order valence-electron chi connectivity index (χ1n) is 3.03. The van der Waals surface area contributed by atoms with Crippen LogP contribution in [0.25, 0.3) is 0 Å².